The maximum Gasteiger partial charge on any atom is 0.343 e. The second-order valence-corrected chi connectivity index (χ2v) is 8.53. The molecule has 0 bridgehead atoms. The normalized spacial score (nSPS) is 11.0. The van der Waals surface area contributed by atoms with Gasteiger partial charge in [-0.05, 0) is 66.9 Å². The van der Waals surface area contributed by atoms with Gasteiger partial charge in [-0.3, -0.25) is 4.99 Å². The van der Waals surface area contributed by atoms with Crippen molar-refractivity contribution in [1.29, 1.82) is 0 Å². The number of esters is 1. The van der Waals surface area contributed by atoms with Crippen molar-refractivity contribution in [3.63, 3.8) is 0 Å². The molecule has 0 radical (unpaired) electrons. The number of carbonyl (C=O) groups is 1. The Balaban J connectivity index is 1.49. The fourth-order valence-electron chi connectivity index (χ4n) is 3.58. The van der Waals surface area contributed by atoms with Crippen LogP contribution in [0.25, 0.3) is 0 Å². The molecule has 0 spiro atoms. The van der Waals surface area contributed by atoms with Gasteiger partial charge >= 0.3 is 5.97 Å². The summed E-state index contributed by atoms with van der Waals surface area (Å²) in [6, 6.07) is 19.6. The van der Waals surface area contributed by atoms with Crippen LogP contribution in [-0.2, 0) is 6.42 Å². The first kappa shape index (κ1) is 26.0. The van der Waals surface area contributed by atoms with Gasteiger partial charge in [0.05, 0.1) is 17.9 Å². The molecule has 0 aliphatic carbocycles. The van der Waals surface area contributed by atoms with Gasteiger partial charge in [0.1, 0.15) is 17.2 Å². The maximum atomic E-state index is 12.5. The van der Waals surface area contributed by atoms with Gasteiger partial charge < -0.3 is 14.6 Å². The summed E-state index contributed by atoms with van der Waals surface area (Å²) < 4.78 is 11.2. The summed E-state index contributed by atoms with van der Waals surface area (Å²) in [5.41, 5.74) is 3.00. The van der Waals surface area contributed by atoms with Gasteiger partial charge in [-0.15, -0.1) is 0 Å². The van der Waals surface area contributed by atoms with Gasteiger partial charge in [0.25, 0.3) is 0 Å². The predicted molar refractivity (Wildman–Crippen MR) is 141 cm³/mol. The molecule has 3 rings (SSSR count). The Hall–Kier alpha value is -3.60. The number of benzene rings is 3. The average molecular weight is 474 g/mol. The monoisotopic (exact) mass is 473 g/mol. The molecule has 1 N–H and O–H groups in total. The first-order chi connectivity index (χ1) is 17.1. The van der Waals surface area contributed by atoms with Crippen LogP contribution < -0.4 is 9.47 Å². The lowest BCUT2D eigenvalue weighted by molar-refractivity contribution is 0.0734. The van der Waals surface area contributed by atoms with Crippen LogP contribution in [0.1, 0.15) is 73.9 Å². The molecule has 0 unspecified atom stereocenters. The third kappa shape index (κ3) is 8.60. The van der Waals surface area contributed by atoms with E-state index >= 15 is 0 Å². The van der Waals surface area contributed by atoms with Gasteiger partial charge in [-0.1, -0.05) is 58.1 Å². The first-order valence-corrected chi connectivity index (χ1v) is 12.5. The lowest BCUT2D eigenvalue weighted by atomic mass is 10.1. The molecule has 184 valence electrons. The van der Waals surface area contributed by atoms with Crippen LogP contribution in [0.2, 0.25) is 0 Å². The van der Waals surface area contributed by atoms with Crippen LogP contribution in [0.15, 0.2) is 71.7 Å². The van der Waals surface area contributed by atoms with Crippen molar-refractivity contribution in [1.82, 2.24) is 0 Å². The van der Waals surface area contributed by atoms with Crippen molar-refractivity contribution in [2.45, 2.75) is 58.8 Å². The number of hydrogen-bond donors (Lipinski definition) is 1. The molecule has 0 fully saturated rings. The average Bonchev–Trinajstić information content (AvgIpc) is 2.88. The summed E-state index contributed by atoms with van der Waals surface area (Å²) in [6.45, 7) is 4.99. The molecule has 0 saturated heterocycles. The van der Waals surface area contributed by atoms with E-state index in [-0.39, 0.29) is 11.5 Å². The third-order valence-electron chi connectivity index (χ3n) is 5.77. The minimum atomic E-state index is -0.496. The molecule has 0 aliphatic heterocycles. The standard InChI is InChI=1S/C30H35NO4/c1-3-5-6-7-8-9-20-34-27-17-12-24(13-18-27)30(33)35-28-19-14-25(29(32)21-28)22-31-26-15-10-23(4-2)11-16-26/h10-19,21-22,32H,3-9,20H2,1-2H3. The zero-order valence-corrected chi connectivity index (χ0v) is 20.7. The zero-order chi connectivity index (χ0) is 24.9. The fourth-order valence-corrected chi connectivity index (χ4v) is 3.58. The van der Waals surface area contributed by atoms with Crippen molar-refractivity contribution < 1.29 is 19.4 Å². The second kappa shape index (κ2) is 14.0. The van der Waals surface area contributed by atoms with Crippen molar-refractivity contribution in [3.05, 3.63) is 83.4 Å². The van der Waals surface area contributed by atoms with E-state index in [1.165, 1.54) is 43.7 Å². The summed E-state index contributed by atoms with van der Waals surface area (Å²) in [4.78, 5) is 16.9. The van der Waals surface area contributed by atoms with Gasteiger partial charge in [0, 0.05) is 17.8 Å². The van der Waals surface area contributed by atoms with Crippen LogP contribution >= 0.6 is 0 Å². The van der Waals surface area contributed by atoms with E-state index in [2.05, 4.69) is 18.8 Å². The third-order valence-corrected chi connectivity index (χ3v) is 5.77. The van der Waals surface area contributed by atoms with E-state index in [1.807, 2.05) is 24.3 Å². The van der Waals surface area contributed by atoms with Crippen LogP contribution in [0.4, 0.5) is 5.69 Å². The quantitative estimate of drug-likeness (QED) is 0.120. The Morgan fingerprint density at radius 3 is 2.23 bits per heavy atom. The Morgan fingerprint density at radius 2 is 1.54 bits per heavy atom. The molecule has 0 heterocycles. The van der Waals surface area contributed by atoms with E-state index in [4.69, 9.17) is 9.47 Å². The molecule has 5 heteroatoms. The number of carbonyl (C=O) groups excluding carboxylic acids is 1. The van der Waals surface area contributed by atoms with Crippen LogP contribution in [0.3, 0.4) is 0 Å². The number of hydrogen-bond acceptors (Lipinski definition) is 5. The van der Waals surface area contributed by atoms with Crippen molar-refractivity contribution in [2.24, 2.45) is 4.99 Å². The van der Waals surface area contributed by atoms with E-state index in [9.17, 15) is 9.90 Å². The molecule has 35 heavy (non-hydrogen) atoms. The topological polar surface area (TPSA) is 68.1 Å². The number of rotatable bonds is 13. The number of aliphatic imine (C=N–C) groups is 1. The zero-order valence-electron chi connectivity index (χ0n) is 20.7. The number of aryl methyl sites for hydroxylation is 1. The summed E-state index contributed by atoms with van der Waals surface area (Å²) in [6.07, 6.45) is 9.85. The molecule has 0 aliphatic rings. The summed E-state index contributed by atoms with van der Waals surface area (Å²) in [7, 11) is 0. The molecule has 5 nitrogen and oxygen atoms in total. The molecule has 3 aromatic carbocycles. The lowest BCUT2D eigenvalue weighted by Crippen LogP contribution is -2.08. The lowest BCUT2D eigenvalue weighted by Gasteiger charge is -2.08. The highest BCUT2D eigenvalue weighted by atomic mass is 16.5. The highest BCUT2D eigenvalue weighted by Crippen LogP contribution is 2.24. The Bertz CT molecular complexity index is 1090. The number of unbranched alkanes of at least 4 members (excludes halogenated alkanes) is 5. The largest absolute Gasteiger partial charge is 0.507 e. The molecule has 3 aromatic rings. The summed E-state index contributed by atoms with van der Waals surface area (Å²) >= 11 is 0. The maximum absolute atomic E-state index is 12.5. The van der Waals surface area contributed by atoms with E-state index < -0.39 is 5.97 Å². The van der Waals surface area contributed by atoms with Gasteiger partial charge in [0.15, 0.2) is 0 Å². The first-order valence-electron chi connectivity index (χ1n) is 12.5. The highest BCUT2D eigenvalue weighted by molar-refractivity contribution is 5.91. The second-order valence-electron chi connectivity index (χ2n) is 8.53. The number of phenols is 1. The van der Waals surface area contributed by atoms with Crippen molar-refractivity contribution in [3.8, 4) is 17.2 Å². The molecule has 0 atom stereocenters. The van der Waals surface area contributed by atoms with Crippen LogP contribution in [0.5, 0.6) is 17.2 Å². The molecular weight excluding hydrogens is 438 g/mol. The fraction of sp³-hybridized carbons (Fsp3) is 0.333. The minimum Gasteiger partial charge on any atom is -0.507 e. The molecule has 0 amide bonds. The number of nitrogens with zero attached hydrogens (tertiary/aromatic N) is 1. The smallest absolute Gasteiger partial charge is 0.343 e. The van der Waals surface area contributed by atoms with Crippen LogP contribution in [0, 0.1) is 0 Å². The minimum absolute atomic E-state index is 0.0114. The van der Waals surface area contributed by atoms with Crippen molar-refractivity contribution >= 4 is 17.9 Å². The van der Waals surface area contributed by atoms with Gasteiger partial charge in [-0.2, -0.15) is 0 Å². The Labute approximate surface area is 208 Å². The van der Waals surface area contributed by atoms with Crippen LogP contribution in [-0.4, -0.2) is 23.9 Å². The highest BCUT2D eigenvalue weighted by Gasteiger charge is 2.10. The molecule has 0 aromatic heterocycles. The Morgan fingerprint density at radius 1 is 0.857 bits per heavy atom. The summed E-state index contributed by atoms with van der Waals surface area (Å²) in [5, 5.41) is 10.3. The molecular formula is C30H35NO4. The Kier molecular flexibility index (Phi) is 10.4. The number of aromatic hydroxyl groups is 1. The van der Waals surface area contributed by atoms with Gasteiger partial charge in [0.2, 0.25) is 0 Å². The van der Waals surface area contributed by atoms with Gasteiger partial charge in [-0.25, -0.2) is 4.79 Å². The van der Waals surface area contributed by atoms with E-state index in [0.717, 1.165) is 24.3 Å². The predicted octanol–water partition coefficient (Wildman–Crippen LogP) is 7.66. The van der Waals surface area contributed by atoms with Crippen molar-refractivity contribution in [2.75, 3.05) is 6.61 Å². The number of ether oxygens (including phenoxy) is 2. The number of phenolic OH excluding ortho intramolecular Hbond substituents is 1. The SMILES string of the molecule is CCCCCCCCOc1ccc(C(=O)Oc2ccc(C=Nc3ccc(CC)cc3)c(O)c2)cc1. The molecule has 0 saturated carbocycles. The summed E-state index contributed by atoms with van der Waals surface area (Å²) in [5.74, 6) is 0.494. The van der Waals surface area contributed by atoms with E-state index in [0.29, 0.717) is 17.7 Å². The van der Waals surface area contributed by atoms with E-state index in [1.54, 1.807) is 42.6 Å².